The van der Waals surface area contributed by atoms with E-state index >= 15 is 0 Å². The van der Waals surface area contributed by atoms with E-state index in [4.69, 9.17) is 32.7 Å². The van der Waals surface area contributed by atoms with Crippen LogP contribution in [-0.4, -0.2) is 36.4 Å². The van der Waals surface area contributed by atoms with Gasteiger partial charge in [0.2, 0.25) is 5.91 Å². The van der Waals surface area contributed by atoms with E-state index in [0.717, 1.165) is 26.0 Å². The summed E-state index contributed by atoms with van der Waals surface area (Å²) < 4.78 is 12.2. The number of para-hydroxylation sites is 1. The number of hydrogen-bond donors (Lipinski definition) is 2. The molecule has 0 radical (unpaired) electrons. The number of imide groups is 1. The quantitative estimate of drug-likeness (QED) is 0.158. The summed E-state index contributed by atoms with van der Waals surface area (Å²) >= 11 is 14.2. The lowest BCUT2D eigenvalue weighted by Crippen LogP contribution is -2.38. The Bertz CT molecular complexity index is 1480. The third-order valence-corrected chi connectivity index (χ3v) is 7.41. The number of hydrogen-bond acceptors (Lipinski definition) is 5. The van der Waals surface area contributed by atoms with Gasteiger partial charge in [-0.3, -0.25) is 9.59 Å². The first-order chi connectivity index (χ1) is 18.7. The van der Waals surface area contributed by atoms with E-state index in [1.165, 1.54) is 13.2 Å². The van der Waals surface area contributed by atoms with Crippen LogP contribution in [0, 0.1) is 3.57 Å². The maximum absolute atomic E-state index is 13.0. The Morgan fingerprint density at radius 1 is 1.10 bits per heavy atom. The molecule has 1 heterocycles. The molecule has 0 bridgehead atoms. The van der Waals surface area contributed by atoms with Crippen molar-refractivity contribution in [1.29, 1.82) is 0 Å². The smallest absolute Gasteiger partial charge is 0.329 e. The Morgan fingerprint density at radius 2 is 1.87 bits per heavy atom. The minimum Gasteiger partial charge on any atom is -0.493 e. The van der Waals surface area contributed by atoms with Crippen molar-refractivity contribution < 1.29 is 23.9 Å². The number of benzene rings is 3. The van der Waals surface area contributed by atoms with Crippen molar-refractivity contribution in [2.24, 2.45) is 0 Å². The predicted octanol–water partition coefficient (Wildman–Crippen LogP) is 6.28. The van der Waals surface area contributed by atoms with Gasteiger partial charge in [-0.2, -0.15) is 0 Å². The van der Waals surface area contributed by atoms with Gasteiger partial charge in [0.1, 0.15) is 18.8 Å². The lowest BCUT2D eigenvalue weighted by atomic mass is 10.1. The highest BCUT2D eigenvalue weighted by Crippen LogP contribution is 2.36. The molecule has 4 rings (SSSR count). The molecular formula is C28H24Cl2IN3O5. The number of methoxy groups -OCH3 is 1. The van der Waals surface area contributed by atoms with Crippen molar-refractivity contribution in [3.05, 3.63) is 90.6 Å². The van der Waals surface area contributed by atoms with Crippen LogP contribution in [0.2, 0.25) is 10.0 Å². The molecular weight excluding hydrogens is 656 g/mol. The van der Waals surface area contributed by atoms with E-state index in [1.807, 2.05) is 31.2 Å². The molecule has 39 heavy (non-hydrogen) atoms. The first-order valence-corrected chi connectivity index (χ1v) is 13.7. The number of nitrogens with one attached hydrogen (secondary N) is 2. The van der Waals surface area contributed by atoms with Crippen molar-refractivity contribution in [1.82, 2.24) is 10.2 Å². The van der Waals surface area contributed by atoms with Crippen molar-refractivity contribution >= 4 is 75.4 Å². The molecule has 1 aliphatic heterocycles. The lowest BCUT2D eigenvalue weighted by molar-refractivity contribution is -0.127. The molecule has 3 aromatic carbocycles. The van der Waals surface area contributed by atoms with Gasteiger partial charge in [0.05, 0.1) is 20.7 Å². The number of anilines is 1. The summed E-state index contributed by atoms with van der Waals surface area (Å²) in [6.07, 6.45) is 2.26. The average Bonchev–Trinajstić information content (AvgIpc) is 3.17. The Kier molecular flexibility index (Phi) is 9.36. The van der Waals surface area contributed by atoms with E-state index in [-0.39, 0.29) is 12.3 Å². The van der Waals surface area contributed by atoms with Gasteiger partial charge in [-0.05, 0) is 82.1 Å². The molecule has 8 nitrogen and oxygen atoms in total. The van der Waals surface area contributed by atoms with Gasteiger partial charge in [0.15, 0.2) is 11.5 Å². The van der Waals surface area contributed by atoms with Gasteiger partial charge in [0.25, 0.3) is 5.91 Å². The molecule has 202 valence electrons. The monoisotopic (exact) mass is 679 g/mol. The summed E-state index contributed by atoms with van der Waals surface area (Å²) in [5.41, 5.74) is 3.08. The zero-order valence-electron chi connectivity index (χ0n) is 21.0. The molecule has 3 aromatic rings. The number of ether oxygens (including phenoxy) is 2. The fourth-order valence-electron chi connectivity index (χ4n) is 3.91. The average molecular weight is 680 g/mol. The first-order valence-electron chi connectivity index (χ1n) is 11.9. The summed E-state index contributed by atoms with van der Waals surface area (Å²) in [5.74, 6) is -0.122. The van der Waals surface area contributed by atoms with Crippen LogP contribution < -0.4 is 20.1 Å². The molecule has 0 atom stereocenters. The van der Waals surface area contributed by atoms with Crippen LogP contribution in [0.4, 0.5) is 10.5 Å². The predicted molar refractivity (Wildman–Crippen MR) is 159 cm³/mol. The number of rotatable bonds is 9. The van der Waals surface area contributed by atoms with Crippen LogP contribution in [0.25, 0.3) is 6.08 Å². The fraction of sp³-hybridized carbons (Fsp3) is 0.179. The summed E-state index contributed by atoms with van der Waals surface area (Å²) in [5, 5.41) is 6.21. The maximum atomic E-state index is 13.0. The second-order valence-corrected chi connectivity index (χ2v) is 10.5. The van der Waals surface area contributed by atoms with Gasteiger partial charge in [-0.1, -0.05) is 54.4 Å². The van der Waals surface area contributed by atoms with Crippen molar-refractivity contribution in [3.8, 4) is 11.5 Å². The van der Waals surface area contributed by atoms with Crippen molar-refractivity contribution in [2.75, 3.05) is 19.0 Å². The Balaban J connectivity index is 1.47. The lowest BCUT2D eigenvalue weighted by Gasteiger charge is -2.14. The van der Waals surface area contributed by atoms with Gasteiger partial charge in [-0.15, -0.1) is 0 Å². The first kappa shape index (κ1) is 28.7. The minimum absolute atomic E-state index is 0.0454. The summed E-state index contributed by atoms with van der Waals surface area (Å²) in [7, 11) is 1.51. The third-order valence-electron chi connectivity index (χ3n) is 5.87. The molecule has 0 aliphatic carbocycles. The van der Waals surface area contributed by atoms with Crippen molar-refractivity contribution in [3.63, 3.8) is 0 Å². The number of nitrogens with zero attached hydrogens (tertiary/aromatic N) is 1. The molecule has 1 fully saturated rings. The highest BCUT2D eigenvalue weighted by molar-refractivity contribution is 14.1. The molecule has 0 unspecified atom stereocenters. The van der Waals surface area contributed by atoms with Crippen LogP contribution in [-0.2, 0) is 22.6 Å². The topological polar surface area (TPSA) is 97.0 Å². The Labute approximate surface area is 249 Å². The van der Waals surface area contributed by atoms with Crippen molar-refractivity contribution in [2.45, 2.75) is 20.0 Å². The highest BCUT2D eigenvalue weighted by atomic mass is 127. The van der Waals surface area contributed by atoms with Gasteiger partial charge < -0.3 is 20.1 Å². The molecule has 4 amide bonds. The van der Waals surface area contributed by atoms with Crippen LogP contribution in [0.15, 0.2) is 60.3 Å². The van der Waals surface area contributed by atoms with E-state index in [2.05, 4.69) is 33.2 Å². The Morgan fingerprint density at radius 3 is 2.59 bits per heavy atom. The highest BCUT2D eigenvalue weighted by Gasteiger charge is 2.35. The molecule has 1 aliphatic rings. The zero-order valence-corrected chi connectivity index (χ0v) is 24.7. The third kappa shape index (κ3) is 6.84. The van der Waals surface area contributed by atoms with Gasteiger partial charge >= 0.3 is 6.03 Å². The number of halogens is 3. The summed E-state index contributed by atoms with van der Waals surface area (Å²) in [4.78, 5) is 39.0. The van der Waals surface area contributed by atoms with Gasteiger partial charge in [0, 0.05) is 5.69 Å². The fourth-order valence-corrected chi connectivity index (χ4v) is 5.02. The molecule has 1 saturated heterocycles. The number of amides is 4. The standard InChI is InChI=1S/C28H24Cl2IN3O5/c1-3-18-6-4-5-7-22(18)32-25(35)14-34-27(36)23(33-28(34)37)12-17-11-21(31)26(24(13-17)38-2)39-15-16-8-9-19(29)20(30)10-16/h4-13H,3,14-15H2,1-2H3,(H,32,35)(H,33,37)/b23-12+. The molecule has 0 spiro atoms. The molecule has 11 heteroatoms. The normalized spacial score (nSPS) is 14.0. The maximum Gasteiger partial charge on any atom is 0.329 e. The van der Waals surface area contributed by atoms with E-state index in [9.17, 15) is 14.4 Å². The second kappa shape index (κ2) is 12.7. The summed E-state index contributed by atoms with van der Waals surface area (Å²) in [6, 6.07) is 15.4. The number of urea groups is 1. The van der Waals surface area contributed by atoms with E-state index < -0.39 is 24.4 Å². The minimum atomic E-state index is -0.673. The molecule has 2 N–H and O–H groups in total. The number of aryl methyl sites for hydroxylation is 1. The largest absolute Gasteiger partial charge is 0.493 e. The summed E-state index contributed by atoms with van der Waals surface area (Å²) in [6.45, 7) is 1.80. The number of carbonyl (C=O) groups is 3. The Hall–Kier alpha value is -3.28. The van der Waals surface area contributed by atoms with E-state index in [1.54, 1.807) is 30.3 Å². The van der Waals surface area contributed by atoms with Crippen LogP contribution in [0.1, 0.15) is 23.6 Å². The number of carbonyl (C=O) groups excluding carboxylic acids is 3. The van der Waals surface area contributed by atoms with E-state index in [0.29, 0.717) is 32.8 Å². The van der Waals surface area contributed by atoms with Crippen LogP contribution in [0.3, 0.4) is 0 Å². The molecule has 0 aromatic heterocycles. The second-order valence-electron chi connectivity index (χ2n) is 8.51. The SMILES string of the molecule is CCc1ccccc1NC(=O)CN1C(=O)N/C(=C/c2cc(I)c(OCc3ccc(Cl)c(Cl)c3)c(OC)c2)C1=O. The van der Waals surface area contributed by atoms with Crippen LogP contribution in [0.5, 0.6) is 11.5 Å². The van der Waals surface area contributed by atoms with Gasteiger partial charge in [-0.25, -0.2) is 9.69 Å². The van der Waals surface area contributed by atoms with Crippen LogP contribution >= 0.6 is 45.8 Å². The molecule has 0 saturated carbocycles. The zero-order chi connectivity index (χ0) is 28.1.